The molecule has 1 fully saturated rings. The largest absolute Gasteiger partial charge is 0.506 e. The molecule has 1 aliphatic rings. The van der Waals surface area contributed by atoms with E-state index in [-0.39, 0.29) is 33.7 Å². The van der Waals surface area contributed by atoms with Crippen LogP contribution in [0.2, 0.25) is 0 Å². The van der Waals surface area contributed by atoms with Crippen LogP contribution in [0.1, 0.15) is 25.7 Å². The molecule has 10 nitrogen and oxygen atoms in total. The number of nitrogens with two attached hydrogens (primary N) is 2. The number of hydrogen-bond donors (Lipinski definition) is 4. The highest BCUT2D eigenvalue weighted by Gasteiger charge is 2.45. The van der Waals surface area contributed by atoms with Gasteiger partial charge >= 0.3 is 0 Å². The monoisotopic (exact) mass is 420 g/mol. The minimum absolute atomic E-state index is 0.0785. The maximum atomic E-state index is 13.1. The number of aliphatic imine (C=N–C) groups is 1. The Morgan fingerprint density at radius 2 is 1.90 bits per heavy atom. The summed E-state index contributed by atoms with van der Waals surface area (Å²) in [7, 11) is -0.848. The van der Waals surface area contributed by atoms with E-state index in [0.717, 1.165) is 12.8 Å². The van der Waals surface area contributed by atoms with E-state index in [4.69, 9.17) is 11.5 Å². The molecule has 0 unspecified atom stereocenters. The fraction of sp³-hybridized carbons (Fsp3) is 0.389. The fourth-order valence-electron chi connectivity index (χ4n) is 3.65. The zero-order valence-corrected chi connectivity index (χ0v) is 17.0. The number of benzene rings is 1. The third kappa shape index (κ3) is 3.96. The third-order valence-electron chi connectivity index (χ3n) is 4.96. The minimum atomic E-state index is -4.05. The van der Waals surface area contributed by atoms with Crippen molar-refractivity contribution < 1.29 is 18.3 Å². The number of guanidine groups is 1. The molecule has 0 radical (unpaired) electrons. The van der Waals surface area contributed by atoms with Gasteiger partial charge in [0, 0.05) is 24.9 Å². The molecule has 6 N–H and O–H groups in total. The number of rotatable bonds is 5. The predicted octanol–water partition coefficient (Wildman–Crippen LogP) is 0.525. The van der Waals surface area contributed by atoms with Gasteiger partial charge in [-0.15, -0.1) is 0 Å². The van der Waals surface area contributed by atoms with Crippen LogP contribution in [0.25, 0.3) is 10.8 Å². The van der Waals surface area contributed by atoms with Gasteiger partial charge in [-0.3, -0.25) is 4.79 Å². The van der Waals surface area contributed by atoms with E-state index in [1.807, 2.05) is 0 Å². The van der Waals surface area contributed by atoms with Crippen LogP contribution in [0.4, 0.5) is 5.82 Å². The van der Waals surface area contributed by atoms with E-state index in [1.54, 1.807) is 14.1 Å². The molecule has 1 heterocycles. The van der Waals surface area contributed by atoms with Crippen molar-refractivity contribution in [3.8, 4) is 5.75 Å². The van der Waals surface area contributed by atoms with E-state index in [0.29, 0.717) is 18.2 Å². The van der Waals surface area contributed by atoms with Crippen LogP contribution in [-0.2, 0) is 14.8 Å². The Morgan fingerprint density at radius 3 is 2.48 bits per heavy atom. The standard InChI is InChI=1S/C18H24N6O4S/c1-24(2)16(26)18(7-3-4-8-18)23-29(27,28)11-5-6-12-13(9-11)15(22-17(19)20)21-10-14(12)25/h5-6,9-10,23,25H,3-4,7-8H2,1-2H3,(H4,19,20,21,22). The predicted molar refractivity (Wildman–Crippen MR) is 109 cm³/mol. The van der Waals surface area contributed by atoms with Gasteiger partial charge in [0.05, 0.1) is 11.1 Å². The molecule has 156 valence electrons. The number of aromatic nitrogens is 1. The maximum absolute atomic E-state index is 13.1. The van der Waals surface area contributed by atoms with Gasteiger partial charge in [0.25, 0.3) is 0 Å². The molecule has 0 spiro atoms. The number of sulfonamides is 1. The van der Waals surface area contributed by atoms with E-state index < -0.39 is 15.6 Å². The Kier molecular flexibility index (Phi) is 5.37. The Balaban J connectivity index is 2.09. The van der Waals surface area contributed by atoms with E-state index in [9.17, 15) is 18.3 Å². The van der Waals surface area contributed by atoms with Crippen molar-refractivity contribution in [2.75, 3.05) is 14.1 Å². The molecule has 0 aliphatic heterocycles. The summed E-state index contributed by atoms with van der Waals surface area (Å²) in [5.74, 6) is -0.589. The Bertz CT molecular complexity index is 1090. The highest BCUT2D eigenvalue weighted by atomic mass is 32.2. The van der Waals surface area contributed by atoms with Gasteiger partial charge in [0.15, 0.2) is 11.8 Å². The second-order valence-electron chi connectivity index (χ2n) is 7.31. The molecule has 0 saturated heterocycles. The van der Waals surface area contributed by atoms with Gasteiger partial charge in [0.2, 0.25) is 15.9 Å². The zero-order valence-electron chi connectivity index (χ0n) is 16.2. The van der Waals surface area contributed by atoms with Crippen LogP contribution < -0.4 is 16.2 Å². The van der Waals surface area contributed by atoms with Crippen LogP contribution in [0.3, 0.4) is 0 Å². The molecule has 29 heavy (non-hydrogen) atoms. The van der Waals surface area contributed by atoms with Crippen molar-refractivity contribution in [1.29, 1.82) is 0 Å². The van der Waals surface area contributed by atoms with Crippen molar-refractivity contribution in [1.82, 2.24) is 14.6 Å². The topological polar surface area (TPSA) is 164 Å². The average Bonchev–Trinajstić information content (AvgIpc) is 3.11. The zero-order chi connectivity index (χ0) is 21.4. The number of aromatic hydroxyl groups is 1. The van der Waals surface area contributed by atoms with E-state index >= 15 is 0 Å². The number of amides is 1. The third-order valence-corrected chi connectivity index (χ3v) is 6.50. The fourth-order valence-corrected chi connectivity index (χ4v) is 5.10. The summed E-state index contributed by atoms with van der Waals surface area (Å²) in [5.41, 5.74) is 9.67. The number of fused-ring (bicyclic) bond motifs is 1. The van der Waals surface area contributed by atoms with E-state index in [2.05, 4.69) is 14.7 Å². The quantitative estimate of drug-likeness (QED) is 0.404. The lowest BCUT2D eigenvalue weighted by molar-refractivity contribution is -0.134. The number of pyridine rings is 1. The molecule has 3 rings (SSSR count). The number of hydrogen-bond acceptors (Lipinski definition) is 6. The molecule has 0 bridgehead atoms. The highest BCUT2D eigenvalue weighted by Crippen LogP contribution is 2.35. The molecule has 1 aromatic heterocycles. The number of nitrogens with one attached hydrogen (secondary N) is 1. The summed E-state index contributed by atoms with van der Waals surface area (Å²) in [4.78, 5) is 21.9. The van der Waals surface area contributed by atoms with Crippen LogP contribution in [0.5, 0.6) is 5.75 Å². The maximum Gasteiger partial charge on any atom is 0.243 e. The van der Waals surface area contributed by atoms with Crippen LogP contribution >= 0.6 is 0 Å². The number of nitrogens with zero attached hydrogens (tertiary/aromatic N) is 3. The Morgan fingerprint density at radius 1 is 1.24 bits per heavy atom. The lowest BCUT2D eigenvalue weighted by atomic mass is 9.98. The van der Waals surface area contributed by atoms with Gasteiger partial charge < -0.3 is 21.5 Å². The molecule has 1 aromatic carbocycles. The van der Waals surface area contributed by atoms with Crippen molar-refractivity contribution in [2.24, 2.45) is 16.5 Å². The second kappa shape index (κ2) is 7.48. The van der Waals surface area contributed by atoms with Crippen molar-refractivity contribution in [3.05, 3.63) is 24.4 Å². The first-order valence-electron chi connectivity index (χ1n) is 9.03. The number of likely N-dealkylation sites (N-methyl/N-ethyl adjacent to an activating group) is 1. The molecule has 1 amide bonds. The lowest BCUT2D eigenvalue weighted by Crippen LogP contribution is -2.56. The van der Waals surface area contributed by atoms with Gasteiger partial charge in [-0.1, -0.05) is 12.8 Å². The normalized spacial score (nSPS) is 15.9. The SMILES string of the molecule is CN(C)C(=O)C1(NS(=O)(=O)c2ccc3c(O)cnc(N=C(N)N)c3c2)CCCC1. The average molecular weight is 420 g/mol. The molecule has 11 heteroatoms. The van der Waals surface area contributed by atoms with Gasteiger partial charge in [-0.05, 0) is 31.0 Å². The minimum Gasteiger partial charge on any atom is -0.506 e. The van der Waals surface area contributed by atoms with Crippen molar-refractivity contribution in [3.63, 3.8) is 0 Å². The van der Waals surface area contributed by atoms with Crippen LogP contribution in [0, 0.1) is 0 Å². The van der Waals surface area contributed by atoms with Crippen molar-refractivity contribution in [2.45, 2.75) is 36.1 Å². The Labute approximate surface area is 168 Å². The number of carbonyl (C=O) groups is 1. The van der Waals surface area contributed by atoms with Crippen LogP contribution in [-0.4, -0.2) is 54.9 Å². The summed E-state index contributed by atoms with van der Waals surface area (Å²) < 4.78 is 28.9. The smallest absolute Gasteiger partial charge is 0.243 e. The molecule has 2 aromatic rings. The number of carbonyl (C=O) groups excluding carboxylic acids is 1. The van der Waals surface area contributed by atoms with Gasteiger partial charge in [-0.2, -0.15) is 9.71 Å². The molecular formula is C18H24N6O4S. The first-order valence-corrected chi connectivity index (χ1v) is 10.5. The van der Waals surface area contributed by atoms with E-state index in [1.165, 1.54) is 29.3 Å². The molecule has 1 aliphatic carbocycles. The summed E-state index contributed by atoms with van der Waals surface area (Å²) in [6, 6.07) is 4.13. The second-order valence-corrected chi connectivity index (χ2v) is 8.99. The molecule has 1 saturated carbocycles. The Hall–Kier alpha value is -2.92. The lowest BCUT2D eigenvalue weighted by Gasteiger charge is -2.31. The summed E-state index contributed by atoms with van der Waals surface area (Å²) >= 11 is 0. The van der Waals surface area contributed by atoms with Gasteiger partial charge in [0.1, 0.15) is 11.3 Å². The van der Waals surface area contributed by atoms with Gasteiger partial charge in [-0.25, -0.2) is 13.4 Å². The summed E-state index contributed by atoms with van der Waals surface area (Å²) in [5, 5.41) is 10.7. The summed E-state index contributed by atoms with van der Waals surface area (Å²) in [6.07, 6.45) is 3.55. The first kappa shape index (κ1) is 20.8. The van der Waals surface area contributed by atoms with Crippen LogP contribution in [0.15, 0.2) is 34.3 Å². The summed E-state index contributed by atoms with van der Waals surface area (Å²) in [6.45, 7) is 0. The molecule has 0 atom stereocenters. The first-order chi connectivity index (χ1) is 13.6. The molecular weight excluding hydrogens is 396 g/mol. The highest BCUT2D eigenvalue weighted by molar-refractivity contribution is 7.89. The van der Waals surface area contributed by atoms with Crippen molar-refractivity contribution >= 4 is 38.5 Å².